The van der Waals surface area contributed by atoms with E-state index in [1.54, 1.807) is 0 Å². The SMILES string of the molecule is c1cc(-c2cc(N3CCCCCC3)n[nH]2)ccn1. The lowest BCUT2D eigenvalue weighted by Crippen LogP contribution is -2.24. The largest absolute Gasteiger partial charge is 0.355 e. The van der Waals surface area contributed by atoms with Crippen LogP contribution in [-0.4, -0.2) is 28.3 Å². The first-order valence-electron chi connectivity index (χ1n) is 6.64. The average Bonchev–Trinajstić information content (AvgIpc) is 2.76. The lowest BCUT2D eigenvalue weighted by Gasteiger charge is -2.18. The van der Waals surface area contributed by atoms with Gasteiger partial charge in [-0.1, -0.05) is 12.8 Å². The van der Waals surface area contributed by atoms with Gasteiger partial charge in [-0.3, -0.25) is 10.1 Å². The van der Waals surface area contributed by atoms with Crippen molar-refractivity contribution in [3.63, 3.8) is 0 Å². The van der Waals surface area contributed by atoms with E-state index in [2.05, 4.69) is 26.1 Å². The van der Waals surface area contributed by atoms with Gasteiger partial charge in [0.25, 0.3) is 0 Å². The van der Waals surface area contributed by atoms with Crippen molar-refractivity contribution in [2.45, 2.75) is 25.7 Å². The van der Waals surface area contributed by atoms with Crippen LogP contribution in [0.4, 0.5) is 5.82 Å². The number of nitrogens with one attached hydrogen (secondary N) is 1. The minimum absolute atomic E-state index is 1.07. The molecule has 1 N–H and O–H groups in total. The fraction of sp³-hybridized carbons (Fsp3) is 0.429. The van der Waals surface area contributed by atoms with Gasteiger partial charge in [-0.15, -0.1) is 0 Å². The third kappa shape index (κ3) is 2.37. The summed E-state index contributed by atoms with van der Waals surface area (Å²) in [5.41, 5.74) is 2.20. The van der Waals surface area contributed by atoms with Gasteiger partial charge in [-0.25, -0.2) is 0 Å². The number of aromatic amines is 1. The van der Waals surface area contributed by atoms with Crippen LogP contribution in [0.15, 0.2) is 30.6 Å². The average molecular weight is 242 g/mol. The van der Waals surface area contributed by atoms with Crippen molar-refractivity contribution in [3.05, 3.63) is 30.6 Å². The van der Waals surface area contributed by atoms with Crippen molar-refractivity contribution in [2.24, 2.45) is 0 Å². The summed E-state index contributed by atoms with van der Waals surface area (Å²) in [5, 5.41) is 7.56. The van der Waals surface area contributed by atoms with E-state index in [1.807, 2.05) is 24.5 Å². The lowest BCUT2D eigenvalue weighted by atomic mass is 10.2. The minimum atomic E-state index is 1.07. The van der Waals surface area contributed by atoms with E-state index in [0.29, 0.717) is 0 Å². The molecule has 1 fully saturated rings. The quantitative estimate of drug-likeness (QED) is 0.880. The highest BCUT2D eigenvalue weighted by molar-refractivity contribution is 5.62. The molecule has 0 aliphatic carbocycles. The lowest BCUT2D eigenvalue weighted by molar-refractivity contribution is 0.726. The molecule has 0 atom stereocenters. The van der Waals surface area contributed by atoms with Gasteiger partial charge in [0.1, 0.15) is 0 Å². The molecule has 0 spiro atoms. The third-order valence-corrected chi connectivity index (χ3v) is 3.49. The Bertz CT molecular complexity index is 484. The number of anilines is 1. The topological polar surface area (TPSA) is 44.8 Å². The summed E-state index contributed by atoms with van der Waals surface area (Å²) < 4.78 is 0. The molecule has 1 saturated heterocycles. The van der Waals surface area contributed by atoms with Crippen LogP contribution in [0.5, 0.6) is 0 Å². The van der Waals surface area contributed by atoms with Gasteiger partial charge in [-0.2, -0.15) is 5.10 Å². The second-order valence-corrected chi connectivity index (χ2v) is 4.78. The molecule has 18 heavy (non-hydrogen) atoms. The molecule has 0 amide bonds. The summed E-state index contributed by atoms with van der Waals surface area (Å²) in [5.74, 6) is 1.07. The van der Waals surface area contributed by atoms with E-state index >= 15 is 0 Å². The highest BCUT2D eigenvalue weighted by Gasteiger charge is 2.13. The normalized spacial score (nSPS) is 16.6. The molecule has 94 valence electrons. The molecule has 1 aliphatic rings. The van der Waals surface area contributed by atoms with E-state index < -0.39 is 0 Å². The van der Waals surface area contributed by atoms with Crippen LogP contribution in [0.3, 0.4) is 0 Å². The minimum Gasteiger partial charge on any atom is -0.355 e. The number of rotatable bonds is 2. The summed E-state index contributed by atoms with van der Waals surface area (Å²) in [4.78, 5) is 6.42. The third-order valence-electron chi connectivity index (χ3n) is 3.49. The van der Waals surface area contributed by atoms with Crippen molar-refractivity contribution < 1.29 is 0 Å². The predicted octanol–water partition coefficient (Wildman–Crippen LogP) is 2.85. The molecule has 3 rings (SSSR count). The Labute approximate surface area is 107 Å². The monoisotopic (exact) mass is 242 g/mol. The maximum Gasteiger partial charge on any atom is 0.150 e. The Balaban J connectivity index is 1.80. The van der Waals surface area contributed by atoms with Crippen molar-refractivity contribution in [1.82, 2.24) is 15.2 Å². The van der Waals surface area contributed by atoms with E-state index in [0.717, 1.165) is 30.2 Å². The summed E-state index contributed by atoms with van der Waals surface area (Å²) in [7, 11) is 0. The molecule has 0 radical (unpaired) electrons. The molecule has 4 nitrogen and oxygen atoms in total. The number of nitrogens with zero attached hydrogens (tertiary/aromatic N) is 3. The Hall–Kier alpha value is -1.84. The first-order valence-corrected chi connectivity index (χ1v) is 6.64. The highest BCUT2D eigenvalue weighted by atomic mass is 15.3. The molecule has 0 saturated carbocycles. The van der Waals surface area contributed by atoms with Crippen LogP contribution >= 0.6 is 0 Å². The van der Waals surface area contributed by atoms with Gasteiger partial charge in [0, 0.05) is 37.1 Å². The van der Waals surface area contributed by atoms with Crippen LogP contribution in [0, 0.1) is 0 Å². The van der Waals surface area contributed by atoms with Crippen molar-refractivity contribution in [2.75, 3.05) is 18.0 Å². The highest BCUT2D eigenvalue weighted by Crippen LogP contribution is 2.23. The van der Waals surface area contributed by atoms with Crippen LogP contribution < -0.4 is 4.90 Å². The molecular formula is C14H18N4. The van der Waals surface area contributed by atoms with E-state index in [4.69, 9.17) is 0 Å². The number of aromatic nitrogens is 3. The molecule has 2 aromatic rings. The number of hydrogen-bond donors (Lipinski definition) is 1. The smallest absolute Gasteiger partial charge is 0.150 e. The standard InChI is InChI=1S/C14H18N4/c1-2-4-10-18(9-3-1)14-11-13(16-17-14)12-5-7-15-8-6-12/h5-8,11H,1-4,9-10H2,(H,16,17). The summed E-state index contributed by atoms with van der Waals surface area (Å²) in [6.45, 7) is 2.25. The first-order chi connectivity index (χ1) is 8.93. The second kappa shape index (κ2) is 5.21. The molecule has 3 heterocycles. The zero-order valence-corrected chi connectivity index (χ0v) is 10.5. The molecule has 0 bridgehead atoms. The van der Waals surface area contributed by atoms with Crippen molar-refractivity contribution in [3.8, 4) is 11.3 Å². The zero-order chi connectivity index (χ0) is 12.2. The maximum absolute atomic E-state index is 4.44. The summed E-state index contributed by atoms with van der Waals surface area (Å²) in [6, 6.07) is 6.14. The van der Waals surface area contributed by atoms with Crippen LogP contribution in [0.1, 0.15) is 25.7 Å². The van der Waals surface area contributed by atoms with E-state index in [-0.39, 0.29) is 0 Å². The summed E-state index contributed by atoms with van der Waals surface area (Å²) in [6.07, 6.45) is 8.86. The molecule has 4 heteroatoms. The van der Waals surface area contributed by atoms with Gasteiger partial charge in [0.15, 0.2) is 5.82 Å². The van der Waals surface area contributed by atoms with E-state index in [1.165, 1.54) is 25.7 Å². The van der Waals surface area contributed by atoms with Gasteiger partial charge in [-0.05, 0) is 25.0 Å². The molecule has 0 unspecified atom stereocenters. The van der Waals surface area contributed by atoms with E-state index in [9.17, 15) is 0 Å². The first kappa shape index (κ1) is 11.3. The Morgan fingerprint density at radius 1 is 1.00 bits per heavy atom. The molecule has 1 aliphatic heterocycles. The fourth-order valence-corrected chi connectivity index (χ4v) is 2.45. The van der Waals surface area contributed by atoms with Crippen LogP contribution in [0.2, 0.25) is 0 Å². The predicted molar refractivity (Wildman–Crippen MR) is 72.5 cm³/mol. The zero-order valence-electron chi connectivity index (χ0n) is 10.5. The van der Waals surface area contributed by atoms with Crippen molar-refractivity contribution in [1.29, 1.82) is 0 Å². The van der Waals surface area contributed by atoms with Gasteiger partial charge >= 0.3 is 0 Å². The maximum atomic E-state index is 4.44. The Morgan fingerprint density at radius 2 is 1.72 bits per heavy atom. The van der Waals surface area contributed by atoms with Gasteiger partial charge < -0.3 is 4.90 Å². The molecular weight excluding hydrogens is 224 g/mol. The Morgan fingerprint density at radius 3 is 2.44 bits per heavy atom. The fourth-order valence-electron chi connectivity index (χ4n) is 2.45. The second-order valence-electron chi connectivity index (χ2n) is 4.78. The number of hydrogen-bond acceptors (Lipinski definition) is 3. The Kier molecular flexibility index (Phi) is 3.26. The van der Waals surface area contributed by atoms with Gasteiger partial charge in [0.2, 0.25) is 0 Å². The molecule has 2 aromatic heterocycles. The summed E-state index contributed by atoms with van der Waals surface area (Å²) >= 11 is 0. The van der Waals surface area contributed by atoms with Crippen LogP contribution in [0.25, 0.3) is 11.3 Å². The van der Waals surface area contributed by atoms with Gasteiger partial charge in [0.05, 0.1) is 5.69 Å². The van der Waals surface area contributed by atoms with Crippen LogP contribution in [-0.2, 0) is 0 Å². The molecule has 0 aromatic carbocycles. The van der Waals surface area contributed by atoms with Crippen molar-refractivity contribution >= 4 is 5.82 Å². The number of H-pyrrole nitrogens is 1. The number of pyridine rings is 1.